The van der Waals surface area contributed by atoms with Crippen molar-refractivity contribution < 1.29 is 22.9 Å². The Kier molecular flexibility index (Phi) is 9.90. The molecule has 3 aromatic carbocycles. The molecular formula is C26H26Cl2N4O6S. The summed E-state index contributed by atoms with van der Waals surface area (Å²) in [6.45, 7) is 0.914. The molecule has 0 unspecified atom stereocenters. The first kappa shape index (κ1) is 29.9. The van der Waals surface area contributed by atoms with E-state index in [1.807, 2.05) is 0 Å². The van der Waals surface area contributed by atoms with E-state index >= 15 is 0 Å². The number of sulfonamides is 1. The summed E-state index contributed by atoms with van der Waals surface area (Å²) in [5.41, 5.74) is 0.134. The van der Waals surface area contributed by atoms with Gasteiger partial charge in [0.15, 0.2) is 0 Å². The van der Waals surface area contributed by atoms with Crippen LogP contribution in [-0.2, 0) is 26.2 Å². The SMILES string of the molecule is CC[C@H](C(=O)NC)N(Cc1ccc(Cl)c(Cl)c1)C(=O)CN(c1cccc([N+](=O)[O-])c1)S(=O)(=O)c1ccccc1. The lowest BCUT2D eigenvalue weighted by molar-refractivity contribution is -0.384. The number of rotatable bonds is 11. The summed E-state index contributed by atoms with van der Waals surface area (Å²) >= 11 is 12.2. The molecule has 0 spiro atoms. The molecule has 0 aliphatic carbocycles. The lowest BCUT2D eigenvalue weighted by atomic mass is 10.1. The number of nitrogens with zero attached hydrogens (tertiary/aromatic N) is 3. The van der Waals surface area contributed by atoms with Crippen molar-refractivity contribution in [2.75, 3.05) is 17.9 Å². The maximum Gasteiger partial charge on any atom is 0.271 e. The van der Waals surface area contributed by atoms with Gasteiger partial charge in [0.2, 0.25) is 11.8 Å². The van der Waals surface area contributed by atoms with Gasteiger partial charge >= 0.3 is 0 Å². The van der Waals surface area contributed by atoms with E-state index < -0.39 is 39.3 Å². The predicted molar refractivity (Wildman–Crippen MR) is 149 cm³/mol. The molecular weight excluding hydrogens is 567 g/mol. The van der Waals surface area contributed by atoms with E-state index in [9.17, 15) is 28.1 Å². The van der Waals surface area contributed by atoms with Crippen LogP contribution in [0, 0.1) is 10.1 Å². The van der Waals surface area contributed by atoms with Crippen molar-refractivity contribution in [3.05, 3.63) is 98.5 Å². The van der Waals surface area contributed by atoms with Crippen LogP contribution in [0.25, 0.3) is 0 Å². The molecule has 3 rings (SSSR count). The molecule has 10 nitrogen and oxygen atoms in total. The number of non-ortho nitro benzene ring substituents is 1. The van der Waals surface area contributed by atoms with Gasteiger partial charge in [-0.2, -0.15) is 0 Å². The number of likely N-dealkylation sites (N-methyl/N-ethyl adjacent to an activating group) is 1. The summed E-state index contributed by atoms with van der Waals surface area (Å²) in [4.78, 5) is 38.5. The van der Waals surface area contributed by atoms with Crippen LogP contribution >= 0.6 is 23.2 Å². The zero-order chi connectivity index (χ0) is 28.7. The van der Waals surface area contributed by atoms with Crippen molar-refractivity contribution in [3.63, 3.8) is 0 Å². The normalized spacial score (nSPS) is 11.9. The molecule has 0 saturated heterocycles. The smallest absolute Gasteiger partial charge is 0.271 e. The van der Waals surface area contributed by atoms with E-state index in [2.05, 4.69) is 5.32 Å². The average molecular weight is 593 g/mol. The monoisotopic (exact) mass is 592 g/mol. The van der Waals surface area contributed by atoms with Gasteiger partial charge in [-0.05, 0) is 42.3 Å². The number of carbonyl (C=O) groups excluding carboxylic acids is 2. The highest BCUT2D eigenvalue weighted by Crippen LogP contribution is 2.28. The third-order valence-electron chi connectivity index (χ3n) is 5.91. The highest BCUT2D eigenvalue weighted by molar-refractivity contribution is 7.92. The van der Waals surface area contributed by atoms with Crippen LogP contribution in [0.4, 0.5) is 11.4 Å². The van der Waals surface area contributed by atoms with Crippen molar-refractivity contribution in [2.24, 2.45) is 0 Å². The Morgan fingerprint density at radius 2 is 1.69 bits per heavy atom. The molecule has 2 amide bonds. The fourth-order valence-electron chi connectivity index (χ4n) is 3.93. The fraction of sp³-hybridized carbons (Fsp3) is 0.231. The molecule has 206 valence electrons. The molecule has 0 fully saturated rings. The number of nitro groups is 1. The van der Waals surface area contributed by atoms with E-state index in [1.165, 1.54) is 54.4 Å². The predicted octanol–water partition coefficient (Wildman–Crippen LogP) is 4.65. The van der Waals surface area contributed by atoms with Gasteiger partial charge in [-0.25, -0.2) is 8.42 Å². The molecule has 0 bridgehead atoms. The van der Waals surface area contributed by atoms with Gasteiger partial charge in [-0.15, -0.1) is 0 Å². The minimum Gasteiger partial charge on any atom is -0.357 e. The first-order valence-electron chi connectivity index (χ1n) is 11.8. The summed E-state index contributed by atoms with van der Waals surface area (Å²) in [6.07, 6.45) is 0.231. The summed E-state index contributed by atoms with van der Waals surface area (Å²) < 4.78 is 28.2. The number of amides is 2. The van der Waals surface area contributed by atoms with Crippen LogP contribution in [0.15, 0.2) is 77.7 Å². The highest BCUT2D eigenvalue weighted by Gasteiger charge is 2.33. The Morgan fingerprint density at radius 1 is 1.00 bits per heavy atom. The van der Waals surface area contributed by atoms with E-state index in [0.29, 0.717) is 10.6 Å². The van der Waals surface area contributed by atoms with Gasteiger partial charge in [0, 0.05) is 25.7 Å². The van der Waals surface area contributed by atoms with Gasteiger partial charge < -0.3 is 10.2 Å². The Bertz CT molecular complexity index is 1470. The third-order valence-corrected chi connectivity index (χ3v) is 8.43. The number of nitrogens with one attached hydrogen (secondary N) is 1. The van der Waals surface area contributed by atoms with Crippen LogP contribution in [0.5, 0.6) is 0 Å². The highest BCUT2D eigenvalue weighted by atomic mass is 35.5. The zero-order valence-electron chi connectivity index (χ0n) is 21.1. The van der Waals surface area contributed by atoms with Gasteiger partial charge in [0.25, 0.3) is 15.7 Å². The molecule has 0 aromatic heterocycles. The Labute approximate surface area is 236 Å². The molecule has 0 aliphatic rings. The topological polar surface area (TPSA) is 130 Å². The summed E-state index contributed by atoms with van der Waals surface area (Å²) in [6, 6.07) is 16.2. The van der Waals surface area contributed by atoms with Crippen LogP contribution in [0.1, 0.15) is 18.9 Å². The first-order chi connectivity index (χ1) is 18.5. The van der Waals surface area contributed by atoms with Crippen LogP contribution < -0.4 is 9.62 Å². The lowest BCUT2D eigenvalue weighted by Crippen LogP contribution is -2.51. The second kappa shape index (κ2) is 12.9. The summed E-state index contributed by atoms with van der Waals surface area (Å²) in [7, 11) is -2.91. The zero-order valence-corrected chi connectivity index (χ0v) is 23.4. The van der Waals surface area contributed by atoms with E-state index in [1.54, 1.807) is 31.2 Å². The minimum atomic E-state index is -4.34. The Morgan fingerprint density at radius 3 is 2.28 bits per heavy atom. The summed E-state index contributed by atoms with van der Waals surface area (Å²) in [5.74, 6) is -1.15. The molecule has 39 heavy (non-hydrogen) atoms. The molecule has 0 radical (unpaired) electrons. The quantitative estimate of drug-likeness (QED) is 0.255. The molecule has 1 atom stereocenters. The number of anilines is 1. The number of halogens is 2. The third kappa shape index (κ3) is 7.05. The second-order valence-electron chi connectivity index (χ2n) is 8.41. The molecule has 0 aliphatic heterocycles. The maximum absolute atomic E-state index is 13.8. The number of hydrogen-bond acceptors (Lipinski definition) is 6. The van der Waals surface area contributed by atoms with Crippen molar-refractivity contribution in [1.82, 2.24) is 10.2 Å². The second-order valence-corrected chi connectivity index (χ2v) is 11.1. The van der Waals surface area contributed by atoms with Crippen molar-refractivity contribution in [1.29, 1.82) is 0 Å². The van der Waals surface area contributed by atoms with E-state index in [-0.39, 0.29) is 34.3 Å². The first-order valence-corrected chi connectivity index (χ1v) is 14.0. The molecule has 1 N–H and O–H groups in total. The number of hydrogen-bond donors (Lipinski definition) is 1. The van der Waals surface area contributed by atoms with Crippen molar-refractivity contribution in [3.8, 4) is 0 Å². The van der Waals surface area contributed by atoms with Crippen LogP contribution in [0.3, 0.4) is 0 Å². The number of carbonyl (C=O) groups is 2. The fourth-order valence-corrected chi connectivity index (χ4v) is 5.68. The Balaban J connectivity index is 2.10. The molecule has 0 saturated carbocycles. The largest absolute Gasteiger partial charge is 0.357 e. The number of benzene rings is 3. The number of nitro benzene ring substituents is 1. The Hall–Kier alpha value is -3.67. The van der Waals surface area contributed by atoms with Crippen molar-refractivity contribution >= 4 is 56.4 Å². The molecule has 0 heterocycles. The molecule has 13 heteroatoms. The molecule has 3 aromatic rings. The van der Waals surface area contributed by atoms with Gasteiger partial charge in [-0.1, -0.05) is 60.5 Å². The van der Waals surface area contributed by atoms with Gasteiger partial charge in [-0.3, -0.25) is 24.0 Å². The minimum absolute atomic E-state index is 0.0736. The van der Waals surface area contributed by atoms with Gasteiger partial charge in [0.05, 0.1) is 25.6 Å². The van der Waals surface area contributed by atoms with Crippen LogP contribution in [-0.4, -0.2) is 49.7 Å². The van der Waals surface area contributed by atoms with E-state index in [4.69, 9.17) is 23.2 Å². The lowest BCUT2D eigenvalue weighted by Gasteiger charge is -2.33. The van der Waals surface area contributed by atoms with E-state index in [0.717, 1.165) is 10.4 Å². The van der Waals surface area contributed by atoms with Crippen LogP contribution in [0.2, 0.25) is 10.0 Å². The summed E-state index contributed by atoms with van der Waals surface area (Å²) in [5, 5.41) is 14.5. The van der Waals surface area contributed by atoms with Crippen molar-refractivity contribution in [2.45, 2.75) is 30.8 Å². The average Bonchev–Trinajstić information content (AvgIpc) is 2.93. The standard InChI is InChI=1S/C26H26Cl2N4O6S/c1-3-24(26(34)29-2)30(16-18-12-13-22(27)23(28)14-18)25(33)17-31(19-8-7-9-20(15-19)32(35)36)39(37,38)21-10-5-4-6-11-21/h4-15,24H,3,16-17H2,1-2H3,(H,29,34)/t24-/m1/s1. The van der Waals surface area contributed by atoms with Gasteiger partial charge in [0.1, 0.15) is 12.6 Å². The maximum atomic E-state index is 13.8.